The van der Waals surface area contributed by atoms with Crippen molar-refractivity contribution in [2.75, 3.05) is 19.7 Å². The summed E-state index contributed by atoms with van der Waals surface area (Å²) in [6, 6.07) is 7.79. The molecule has 0 unspecified atom stereocenters. The normalized spacial score (nSPS) is 18.2. The van der Waals surface area contributed by atoms with E-state index in [1.807, 2.05) is 36.1 Å². The molecule has 0 spiro atoms. The number of para-hydroxylation sites is 1. The van der Waals surface area contributed by atoms with Crippen LogP contribution in [0.5, 0.6) is 5.75 Å². The maximum atomic E-state index is 12.1. The third-order valence-corrected chi connectivity index (χ3v) is 3.91. The molecule has 104 valence electrons. The van der Waals surface area contributed by atoms with Crippen molar-refractivity contribution in [3.05, 3.63) is 29.8 Å². The van der Waals surface area contributed by atoms with Crippen LogP contribution in [0.2, 0.25) is 0 Å². The van der Waals surface area contributed by atoms with Crippen molar-refractivity contribution in [1.29, 1.82) is 0 Å². The van der Waals surface area contributed by atoms with Gasteiger partial charge >= 0.3 is 0 Å². The van der Waals surface area contributed by atoms with Gasteiger partial charge in [-0.15, -0.1) is 0 Å². The average molecular weight is 261 g/mol. The van der Waals surface area contributed by atoms with E-state index in [1.54, 1.807) is 0 Å². The van der Waals surface area contributed by atoms with Crippen LogP contribution in [0.4, 0.5) is 0 Å². The van der Waals surface area contributed by atoms with E-state index in [1.165, 1.54) is 0 Å². The number of rotatable bonds is 3. The summed E-state index contributed by atoms with van der Waals surface area (Å²) in [4.78, 5) is 14.0. The summed E-state index contributed by atoms with van der Waals surface area (Å²) >= 11 is 0. The topological polar surface area (TPSA) is 29.5 Å². The zero-order valence-corrected chi connectivity index (χ0v) is 12.1. The van der Waals surface area contributed by atoms with E-state index in [-0.39, 0.29) is 12.5 Å². The summed E-state index contributed by atoms with van der Waals surface area (Å²) in [6.45, 7) is 8.36. The van der Waals surface area contributed by atoms with Crippen LogP contribution in [0.25, 0.3) is 0 Å². The van der Waals surface area contributed by atoms with Crippen LogP contribution in [0.15, 0.2) is 24.3 Å². The maximum Gasteiger partial charge on any atom is 0.260 e. The van der Waals surface area contributed by atoms with Gasteiger partial charge in [0.2, 0.25) is 0 Å². The lowest BCUT2D eigenvalue weighted by molar-refractivity contribution is -0.135. The second-order valence-corrected chi connectivity index (χ2v) is 6.10. The fourth-order valence-corrected chi connectivity index (χ4v) is 2.31. The number of ether oxygens (including phenoxy) is 1. The highest BCUT2D eigenvalue weighted by atomic mass is 16.5. The Labute approximate surface area is 115 Å². The van der Waals surface area contributed by atoms with Crippen LogP contribution in [0.3, 0.4) is 0 Å². The fourth-order valence-electron chi connectivity index (χ4n) is 2.31. The van der Waals surface area contributed by atoms with E-state index in [4.69, 9.17) is 4.74 Å². The number of piperidine rings is 1. The van der Waals surface area contributed by atoms with Crippen LogP contribution in [0, 0.1) is 12.3 Å². The van der Waals surface area contributed by atoms with Gasteiger partial charge in [0.1, 0.15) is 5.75 Å². The van der Waals surface area contributed by atoms with Crippen molar-refractivity contribution in [3.63, 3.8) is 0 Å². The highest BCUT2D eigenvalue weighted by Gasteiger charge is 2.27. The number of carbonyl (C=O) groups is 1. The Bertz CT molecular complexity index is 444. The van der Waals surface area contributed by atoms with Gasteiger partial charge in [-0.05, 0) is 36.8 Å². The number of hydrogen-bond acceptors (Lipinski definition) is 2. The lowest BCUT2D eigenvalue weighted by Crippen LogP contribution is -2.43. The molecule has 1 aromatic carbocycles. The number of nitrogens with zero attached hydrogens (tertiary/aromatic N) is 1. The van der Waals surface area contributed by atoms with Crippen molar-refractivity contribution < 1.29 is 9.53 Å². The molecular formula is C16H23NO2. The smallest absolute Gasteiger partial charge is 0.260 e. The van der Waals surface area contributed by atoms with E-state index in [2.05, 4.69) is 13.8 Å². The molecule has 0 bridgehead atoms. The van der Waals surface area contributed by atoms with Crippen LogP contribution >= 0.6 is 0 Å². The molecule has 1 aliphatic heterocycles. The second kappa shape index (κ2) is 5.64. The summed E-state index contributed by atoms with van der Waals surface area (Å²) < 4.78 is 5.61. The number of carbonyl (C=O) groups excluding carboxylic acids is 1. The van der Waals surface area contributed by atoms with Gasteiger partial charge in [0.15, 0.2) is 6.61 Å². The first-order chi connectivity index (χ1) is 8.98. The maximum absolute atomic E-state index is 12.1. The van der Waals surface area contributed by atoms with Gasteiger partial charge in [-0.1, -0.05) is 32.0 Å². The van der Waals surface area contributed by atoms with E-state index in [0.717, 1.165) is 37.2 Å². The molecule has 0 atom stereocenters. The van der Waals surface area contributed by atoms with Gasteiger partial charge in [0.05, 0.1) is 0 Å². The molecule has 1 heterocycles. The molecule has 2 rings (SSSR count). The van der Waals surface area contributed by atoms with Crippen LogP contribution < -0.4 is 4.74 Å². The molecule has 1 aliphatic rings. The van der Waals surface area contributed by atoms with Crippen molar-refractivity contribution >= 4 is 5.91 Å². The van der Waals surface area contributed by atoms with E-state index in [9.17, 15) is 4.79 Å². The van der Waals surface area contributed by atoms with Gasteiger partial charge in [-0.2, -0.15) is 0 Å². The third kappa shape index (κ3) is 3.72. The van der Waals surface area contributed by atoms with Crippen molar-refractivity contribution in [1.82, 2.24) is 4.90 Å². The van der Waals surface area contributed by atoms with Crippen LogP contribution in [0.1, 0.15) is 32.3 Å². The largest absolute Gasteiger partial charge is 0.484 e. The van der Waals surface area contributed by atoms with Gasteiger partial charge in [-0.25, -0.2) is 0 Å². The molecule has 0 N–H and O–H groups in total. The molecule has 1 fully saturated rings. The molecule has 1 amide bonds. The fraction of sp³-hybridized carbons (Fsp3) is 0.562. The Morgan fingerprint density at radius 3 is 2.53 bits per heavy atom. The first kappa shape index (κ1) is 13.9. The second-order valence-electron chi connectivity index (χ2n) is 6.10. The van der Waals surface area contributed by atoms with Crippen LogP contribution in [-0.4, -0.2) is 30.5 Å². The highest BCUT2D eigenvalue weighted by molar-refractivity contribution is 5.77. The minimum atomic E-state index is 0.0961. The number of aryl methyl sites for hydroxylation is 1. The van der Waals surface area contributed by atoms with E-state index >= 15 is 0 Å². The highest BCUT2D eigenvalue weighted by Crippen LogP contribution is 2.29. The third-order valence-electron chi connectivity index (χ3n) is 3.91. The predicted octanol–water partition coefficient (Wildman–Crippen LogP) is 3.02. The summed E-state index contributed by atoms with van der Waals surface area (Å²) in [5.74, 6) is 0.895. The average Bonchev–Trinajstić information content (AvgIpc) is 2.37. The molecule has 0 aliphatic carbocycles. The van der Waals surface area contributed by atoms with Crippen molar-refractivity contribution in [3.8, 4) is 5.75 Å². The van der Waals surface area contributed by atoms with Crippen molar-refractivity contribution in [2.24, 2.45) is 5.41 Å². The minimum absolute atomic E-state index is 0.0961. The SMILES string of the molecule is Cc1ccccc1OCC(=O)N1CCC(C)(C)CC1. The molecule has 0 aromatic heterocycles. The summed E-state index contributed by atoms with van der Waals surface area (Å²) in [6.07, 6.45) is 2.15. The Hall–Kier alpha value is -1.51. The number of benzene rings is 1. The number of likely N-dealkylation sites (tertiary alicyclic amines) is 1. The first-order valence-corrected chi connectivity index (χ1v) is 6.94. The van der Waals surface area contributed by atoms with Gasteiger partial charge < -0.3 is 9.64 Å². The molecule has 3 heteroatoms. The van der Waals surface area contributed by atoms with Crippen molar-refractivity contribution in [2.45, 2.75) is 33.6 Å². The van der Waals surface area contributed by atoms with Gasteiger partial charge in [0, 0.05) is 13.1 Å². The summed E-state index contributed by atoms with van der Waals surface area (Å²) in [5.41, 5.74) is 1.43. The minimum Gasteiger partial charge on any atom is -0.484 e. The van der Waals surface area contributed by atoms with Crippen LogP contribution in [-0.2, 0) is 4.79 Å². The number of amides is 1. The molecular weight excluding hydrogens is 238 g/mol. The quantitative estimate of drug-likeness (QED) is 0.837. The lowest BCUT2D eigenvalue weighted by atomic mass is 9.83. The molecule has 0 saturated carbocycles. The van der Waals surface area contributed by atoms with E-state index in [0.29, 0.717) is 5.41 Å². The Kier molecular flexibility index (Phi) is 4.13. The first-order valence-electron chi connectivity index (χ1n) is 6.94. The molecule has 3 nitrogen and oxygen atoms in total. The zero-order valence-electron chi connectivity index (χ0n) is 12.1. The Morgan fingerprint density at radius 2 is 1.89 bits per heavy atom. The lowest BCUT2D eigenvalue weighted by Gasteiger charge is -2.36. The zero-order chi connectivity index (χ0) is 13.9. The molecule has 0 radical (unpaired) electrons. The van der Waals surface area contributed by atoms with Gasteiger partial charge in [-0.3, -0.25) is 4.79 Å². The molecule has 1 aromatic rings. The number of hydrogen-bond donors (Lipinski definition) is 0. The van der Waals surface area contributed by atoms with Gasteiger partial charge in [0.25, 0.3) is 5.91 Å². The monoisotopic (exact) mass is 261 g/mol. The predicted molar refractivity (Wildman–Crippen MR) is 76.3 cm³/mol. The standard InChI is InChI=1S/C16H23NO2/c1-13-6-4-5-7-14(13)19-12-15(18)17-10-8-16(2,3)9-11-17/h4-7H,8-12H2,1-3H3. The summed E-state index contributed by atoms with van der Waals surface area (Å²) in [7, 11) is 0. The molecule has 19 heavy (non-hydrogen) atoms. The Morgan fingerprint density at radius 1 is 1.26 bits per heavy atom. The van der Waals surface area contributed by atoms with E-state index < -0.39 is 0 Å². The Balaban J connectivity index is 1.84. The summed E-state index contributed by atoms with van der Waals surface area (Å²) in [5, 5.41) is 0. The molecule has 1 saturated heterocycles.